The smallest absolute Gasteiger partial charge is 0.0389 e. The van der Waals surface area contributed by atoms with Crippen LogP contribution in [0.5, 0.6) is 0 Å². The van der Waals surface area contributed by atoms with Gasteiger partial charge in [0, 0.05) is 29.3 Å². The zero-order chi connectivity index (χ0) is 14.5. The Labute approximate surface area is 131 Å². The second-order valence-corrected chi connectivity index (χ2v) is 4.75. The topological polar surface area (TPSA) is 90.1 Å². The summed E-state index contributed by atoms with van der Waals surface area (Å²) >= 11 is 0. The molecule has 5 heteroatoms. The van der Waals surface area contributed by atoms with Crippen molar-refractivity contribution in [3.8, 4) is 0 Å². The maximum absolute atomic E-state index is 5.88. The Morgan fingerprint density at radius 1 is 1.00 bits per heavy atom. The third kappa shape index (κ3) is 4.61. The summed E-state index contributed by atoms with van der Waals surface area (Å²) in [6.45, 7) is 2.73. The Bertz CT molecular complexity index is 638. The monoisotopic (exact) mass is 304 g/mol. The molecule has 0 saturated carbocycles. The molecule has 0 heterocycles. The highest BCUT2D eigenvalue weighted by molar-refractivity contribution is 5.85. The maximum Gasteiger partial charge on any atom is 0.0389 e. The van der Waals surface area contributed by atoms with Gasteiger partial charge in [0.25, 0.3) is 0 Å². The van der Waals surface area contributed by atoms with Gasteiger partial charge in [0.1, 0.15) is 0 Å². The Morgan fingerprint density at radius 2 is 1.67 bits per heavy atom. The van der Waals surface area contributed by atoms with Crippen LogP contribution >= 0.6 is 12.4 Å². The molecule has 0 aliphatic rings. The number of benzene rings is 2. The number of nitrogens with one attached hydrogen (secondary N) is 1. The van der Waals surface area contributed by atoms with Gasteiger partial charge < -0.3 is 22.5 Å². The third-order valence-electron chi connectivity index (χ3n) is 3.07. The van der Waals surface area contributed by atoms with E-state index in [9.17, 15) is 0 Å². The van der Waals surface area contributed by atoms with Crippen LogP contribution in [-0.4, -0.2) is 6.54 Å². The molecule has 2 rings (SSSR count). The van der Waals surface area contributed by atoms with Gasteiger partial charge in [-0.3, -0.25) is 0 Å². The van der Waals surface area contributed by atoms with Gasteiger partial charge in [0.15, 0.2) is 0 Å². The molecule has 7 N–H and O–H groups in total. The number of hydrogen-bond donors (Lipinski definition) is 4. The van der Waals surface area contributed by atoms with E-state index in [-0.39, 0.29) is 12.4 Å². The lowest BCUT2D eigenvalue weighted by Gasteiger charge is -2.08. The number of aryl methyl sites for hydroxylation is 1. The third-order valence-corrected chi connectivity index (χ3v) is 3.07. The highest BCUT2D eigenvalue weighted by Crippen LogP contribution is 2.18. The van der Waals surface area contributed by atoms with Crippen LogP contribution < -0.4 is 22.5 Å². The van der Waals surface area contributed by atoms with Crippen LogP contribution in [-0.2, 0) is 0 Å². The van der Waals surface area contributed by atoms with Crippen LogP contribution in [0.15, 0.2) is 42.5 Å². The first-order chi connectivity index (χ1) is 9.56. The Morgan fingerprint density at radius 3 is 2.38 bits per heavy atom. The second-order valence-electron chi connectivity index (χ2n) is 4.75. The molecule has 4 nitrogen and oxygen atoms in total. The van der Waals surface area contributed by atoms with Gasteiger partial charge in [-0.2, -0.15) is 0 Å². The van der Waals surface area contributed by atoms with Crippen LogP contribution in [0.25, 0.3) is 6.08 Å². The van der Waals surface area contributed by atoms with E-state index >= 15 is 0 Å². The highest BCUT2D eigenvalue weighted by Gasteiger charge is 1.97. The average molecular weight is 305 g/mol. The number of hydrogen-bond acceptors (Lipinski definition) is 4. The van der Waals surface area contributed by atoms with Crippen molar-refractivity contribution in [3.05, 3.63) is 53.6 Å². The molecular weight excluding hydrogens is 284 g/mol. The predicted molar refractivity (Wildman–Crippen MR) is 95.6 cm³/mol. The van der Waals surface area contributed by atoms with E-state index in [2.05, 4.69) is 5.32 Å². The minimum absolute atomic E-state index is 0. The van der Waals surface area contributed by atoms with Gasteiger partial charge in [0.05, 0.1) is 0 Å². The summed E-state index contributed by atoms with van der Waals surface area (Å²) < 4.78 is 0. The lowest BCUT2D eigenvalue weighted by molar-refractivity contribution is 1.31. The molecule has 0 aliphatic heterocycles. The Kier molecular flexibility index (Phi) is 5.93. The molecule has 0 aliphatic carbocycles. The van der Waals surface area contributed by atoms with Crippen LogP contribution in [0, 0.1) is 6.92 Å². The van der Waals surface area contributed by atoms with E-state index in [1.165, 1.54) is 0 Å². The molecule has 0 unspecified atom stereocenters. The summed E-state index contributed by atoms with van der Waals surface area (Å²) in [5, 5.41) is 3.33. The summed E-state index contributed by atoms with van der Waals surface area (Å²) in [5.74, 6) is 0. The van der Waals surface area contributed by atoms with Crippen molar-refractivity contribution in [2.45, 2.75) is 6.92 Å². The predicted octanol–water partition coefficient (Wildman–Crippen LogP) is 3.29. The van der Waals surface area contributed by atoms with Crippen molar-refractivity contribution in [3.63, 3.8) is 0 Å². The van der Waals surface area contributed by atoms with E-state index < -0.39 is 0 Å². The van der Waals surface area contributed by atoms with Gasteiger partial charge in [-0.1, -0.05) is 12.2 Å². The molecule has 0 radical (unpaired) electrons. The van der Waals surface area contributed by atoms with Crippen molar-refractivity contribution in [2.24, 2.45) is 0 Å². The first-order valence-corrected chi connectivity index (χ1v) is 6.48. The van der Waals surface area contributed by atoms with Crippen LogP contribution in [0.4, 0.5) is 22.7 Å². The number of halogens is 1. The van der Waals surface area contributed by atoms with E-state index in [0.29, 0.717) is 12.2 Å². The summed E-state index contributed by atoms with van der Waals surface area (Å²) in [6, 6.07) is 11.3. The molecule has 0 spiro atoms. The number of rotatable bonds is 4. The number of nitrogens with two attached hydrogens (primary N) is 3. The largest absolute Gasteiger partial charge is 0.399 e. The summed E-state index contributed by atoms with van der Waals surface area (Å²) in [5.41, 5.74) is 22.7. The fraction of sp³-hybridized carbons (Fsp3) is 0.125. The van der Waals surface area contributed by atoms with Gasteiger partial charge in [0.2, 0.25) is 0 Å². The van der Waals surface area contributed by atoms with Crippen molar-refractivity contribution >= 4 is 41.2 Å². The van der Waals surface area contributed by atoms with Gasteiger partial charge in [-0.15, -0.1) is 12.4 Å². The molecule has 0 aromatic heterocycles. The van der Waals surface area contributed by atoms with E-state index in [4.69, 9.17) is 17.2 Å². The van der Waals surface area contributed by atoms with Gasteiger partial charge in [-0.25, -0.2) is 0 Å². The molecule has 21 heavy (non-hydrogen) atoms. The first-order valence-electron chi connectivity index (χ1n) is 6.48. The second kappa shape index (κ2) is 7.45. The summed E-state index contributed by atoms with van der Waals surface area (Å²) in [6.07, 6.45) is 3.98. The Hall–Kier alpha value is -2.33. The molecule has 0 fully saturated rings. The van der Waals surface area contributed by atoms with Gasteiger partial charge >= 0.3 is 0 Å². The molecule has 0 atom stereocenters. The molecule has 2 aromatic rings. The SMILES string of the molecule is Cc1cc(N)ccc1NCC=Cc1cc(N)ccc1N.Cl. The summed E-state index contributed by atoms with van der Waals surface area (Å²) in [7, 11) is 0. The van der Waals surface area contributed by atoms with E-state index in [1.54, 1.807) is 6.07 Å². The standard InChI is InChI=1S/C16H20N4.ClH/c1-11-9-13(17)5-7-16(11)20-8-2-3-12-10-14(18)4-6-15(12)19;/h2-7,9-10,20H,8,17-19H2,1H3;1H. The molecular formula is C16H21ClN4. The minimum Gasteiger partial charge on any atom is -0.399 e. The molecule has 0 bridgehead atoms. The van der Waals surface area contributed by atoms with E-state index in [1.807, 2.05) is 49.4 Å². The van der Waals surface area contributed by atoms with Crippen molar-refractivity contribution < 1.29 is 0 Å². The number of anilines is 4. The molecule has 112 valence electrons. The van der Waals surface area contributed by atoms with Crippen molar-refractivity contribution in [1.82, 2.24) is 0 Å². The van der Waals surface area contributed by atoms with E-state index in [0.717, 1.165) is 28.2 Å². The fourth-order valence-corrected chi connectivity index (χ4v) is 1.98. The summed E-state index contributed by atoms with van der Waals surface area (Å²) in [4.78, 5) is 0. The molecule has 0 saturated heterocycles. The van der Waals surface area contributed by atoms with Crippen LogP contribution in [0.2, 0.25) is 0 Å². The fourth-order valence-electron chi connectivity index (χ4n) is 1.98. The Balaban J connectivity index is 0.00000220. The lowest BCUT2D eigenvalue weighted by Crippen LogP contribution is -2.01. The molecule has 0 amide bonds. The quantitative estimate of drug-likeness (QED) is 0.652. The zero-order valence-electron chi connectivity index (χ0n) is 12.0. The van der Waals surface area contributed by atoms with Crippen molar-refractivity contribution in [1.29, 1.82) is 0 Å². The highest BCUT2D eigenvalue weighted by atomic mass is 35.5. The number of nitrogen functional groups attached to an aromatic ring is 3. The normalized spacial score (nSPS) is 10.3. The molecule has 2 aromatic carbocycles. The first kappa shape index (κ1) is 16.7. The van der Waals surface area contributed by atoms with Crippen molar-refractivity contribution in [2.75, 3.05) is 29.1 Å². The minimum atomic E-state index is 0. The lowest BCUT2D eigenvalue weighted by atomic mass is 10.1. The van der Waals surface area contributed by atoms with Crippen LogP contribution in [0.3, 0.4) is 0 Å². The zero-order valence-corrected chi connectivity index (χ0v) is 12.8. The average Bonchev–Trinajstić information content (AvgIpc) is 2.40. The van der Waals surface area contributed by atoms with Gasteiger partial charge in [-0.05, 0) is 54.4 Å². The maximum atomic E-state index is 5.88. The van der Waals surface area contributed by atoms with Crippen LogP contribution in [0.1, 0.15) is 11.1 Å².